The molecule has 2 aliphatic rings. The number of amides is 3. The number of Topliss-reactive ketones (excluding diaryl/α,β-unsaturated/α-hetero) is 1. The van der Waals surface area contributed by atoms with Gasteiger partial charge in [0.1, 0.15) is 11.3 Å². The number of hydrogen-bond acceptors (Lipinski definition) is 4. The average molecular weight is 330 g/mol. The highest BCUT2D eigenvalue weighted by Crippen LogP contribution is 2.33. The molecule has 128 valence electrons. The summed E-state index contributed by atoms with van der Waals surface area (Å²) in [5, 5.41) is 2.82. The second-order valence-corrected chi connectivity index (χ2v) is 6.34. The molecule has 6 nitrogen and oxygen atoms in total. The summed E-state index contributed by atoms with van der Waals surface area (Å²) in [4.78, 5) is 38.3. The van der Waals surface area contributed by atoms with Gasteiger partial charge in [-0.1, -0.05) is 19.3 Å². The first-order valence-corrected chi connectivity index (χ1v) is 8.46. The molecule has 2 fully saturated rings. The molecule has 3 amide bonds. The van der Waals surface area contributed by atoms with Crippen LogP contribution in [0.3, 0.4) is 0 Å². The van der Waals surface area contributed by atoms with Gasteiger partial charge in [-0.2, -0.15) is 0 Å². The highest BCUT2D eigenvalue weighted by atomic mass is 16.5. The quantitative estimate of drug-likeness (QED) is 0.665. The number of ketones is 1. The minimum atomic E-state index is -0.783. The van der Waals surface area contributed by atoms with E-state index in [1.807, 2.05) is 6.92 Å². The third-order valence-electron chi connectivity index (χ3n) is 4.74. The molecule has 0 bridgehead atoms. The Bertz CT molecular complexity index is 647. The van der Waals surface area contributed by atoms with Crippen LogP contribution in [0.1, 0.15) is 49.4 Å². The Balaban J connectivity index is 1.69. The maximum absolute atomic E-state index is 12.7. The van der Waals surface area contributed by atoms with Gasteiger partial charge in [-0.15, -0.1) is 0 Å². The highest BCUT2D eigenvalue weighted by molar-refractivity contribution is 6.11. The fourth-order valence-electron chi connectivity index (χ4n) is 3.45. The summed E-state index contributed by atoms with van der Waals surface area (Å²) in [6.07, 6.45) is 4.24. The maximum Gasteiger partial charge on any atom is 0.325 e. The highest BCUT2D eigenvalue weighted by Gasteiger charge is 2.51. The molecular formula is C18H22N2O4. The molecule has 1 aromatic carbocycles. The van der Waals surface area contributed by atoms with Crippen molar-refractivity contribution < 1.29 is 19.1 Å². The number of rotatable bonds is 5. The van der Waals surface area contributed by atoms with Crippen LogP contribution in [0.5, 0.6) is 5.75 Å². The van der Waals surface area contributed by atoms with E-state index in [2.05, 4.69) is 5.32 Å². The van der Waals surface area contributed by atoms with Crippen LogP contribution >= 0.6 is 0 Å². The predicted octanol–water partition coefficient (Wildman–Crippen LogP) is 2.52. The number of urea groups is 1. The van der Waals surface area contributed by atoms with Crippen LogP contribution < -0.4 is 10.1 Å². The predicted molar refractivity (Wildman–Crippen MR) is 88.0 cm³/mol. The summed E-state index contributed by atoms with van der Waals surface area (Å²) in [5.41, 5.74) is -0.322. The third kappa shape index (κ3) is 3.00. The van der Waals surface area contributed by atoms with Crippen molar-refractivity contribution >= 4 is 17.7 Å². The van der Waals surface area contributed by atoms with Crippen molar-refractivity contribution in [2.75, 3.05) is 13.2 Å². The number of carbonyl (C=O) groups is 3. The molecule has 0 radical (unpaired) electrons. The summed E-state index contributed by atoms with van der Waals surface area (Å²) in [6.45, 7) is 2.22. The Morgan fingerprint density at radius 2 is 1.83 bits per heavy atom. The van der Waals surface area contributed by atoms with Crippen LogP contribution in [-0.2, 0) is 4.79 Å². The smallest absolute Gasteiger partial charge is 0.325 e. The summed E-state index contributed by atoms with van der Waals surface area (Å²) in [6, 6.07) is 6.28. The van der Waals surface area contributed by atoms with Crippen molar-refractivity contribution in [2.45, 2.75) is 44.6 Å². The lowest BCUT2D eigenvalue weighted by atomic mass is 9.82. The van der Waals surface area contributed by atoms with Crippen molar-refractivity contribution in [2.24, 2.45) is 0 Å². The van der Waals surface area contributed by atoms with Crippen LogP contribution in [0.2, 0.25) is 0 Å². The van der Waals surface area contributed by atoms with E-state index in [4.69, 9.17) is 4.74 Å². The third-order valence-corrected chi connectivity index (χ3v) is 4.74. The Morgan fingerprint density at radius 1 is 1.17 bits per heavy atom. The summed E-state index contributed by atoms with van der Waals surface area (Å²) in [7, 11) is 0. The van der Waals surface area contributed by atoms with Crippen LogP contribution in [0, 0.1) is 0 Å². The van der Waals surface area contributed by atoms with E-state index in [9.17, 15) is 14.4 Å². The zero-order valence-electron chi connectivity index (χ0n) is 13.8. The molecule has 0 atom stereocenters. The Hall–Kier alpha value is -2.37. The van der Waals surface area contributed by atoms with E-state index < -0.39 is 11.6 Å². The normalized spacial score (nSPS) is 19.5. The van der Waals surface area contributed by atoms with Gasteiger partial charge in [0.15, 0.2) is 5.78 Å². The van der Waals surface area contributed by atoms with Gasteiger partial charge in [0.25, 0.3) is 5.91 Å². The van der Waals surface area contributed by atoms with Crippen LogP contribution in [0.4, 0.5) is 4.79 Å². The van der Waals surface area contributed by atoms with Gasteiger partial charge < -0.3 is 10.1 Å². The zero-order valence-corrected chi connectivity index (χ0v) is 13.8. The first-order chi connectivity index (χ1) is 11.6. The first kappa shape index (κ1) is 16.5. The molecule has 3 rings (SSSR count). The lowest BCUT2D eigenvalue weighted by Gasteiger charge is -2.30. The van der Waals surface area contributed by atoms with Crippen molar-refractivity contribution in [3.8, 4) is 5.75 Å². The van der Waals surface area contributed by atoms with E-state index in [1.165, 1.54) is 0 Å². The number of hydrogen-bond donors (Lipinski definition) is 1. The fourth-order valence-corrected chi connectivity index (χ4v) is 3.45. The first-order valence-electron chi connectivity index (χ1n) is 8.46. The summed E-state index contributed by atoms with van der Waals surface area (Å²) >= 11 is 0. The monoisotopic (exact) mass is 330 g/mol. The van der Waals surface area contributed by atoms with Gasteiger partial charge in [0, 0.05) is 5.56 Å². The summed E-state index contributed by atoms with van der Waals surface area (Å²) < 4.78 is 5.34. The number of benzene rings is 1. The van der Waals surface area contributed by atoms with Gasteiger partial charge >= 0.3 is 6.03 Å². The Kier molecular flexibility index (Phi) is 4.55. The maximum atomic E-state index is 12.7. The number of nitrogens with one attached hydrogen (secondary N) is 1. The van der Waals surface area contributed by atoms with Crippen molar-refractivity contribution in [3.05, 3.63) is 29.8 Å². The molecule has 1 heterocycles. The molecule has 1 saturated carbocycles. The Labute approximate surface area is 141 Å². The summed E-state index contributed by atoms with van der Waals surface area (Å²) in [5.74, 6) is 0.172. The van der Waals surface area contributed by atoms with Gasteiger partial charge in [-0.3, -0.25) is 14.5 Å². The standard InChI is InChI=1S/C18H22N2O4/c1-2-24-14-8-6-13(7-9-14)15(21)12-20-16(22)18(19-17(20)23)10-4-3-5-11-18/h6-9H,2-5,10-12H2,1H3,(H,19,23). The Morgan fingerprint density at radius 3 is 2.46 bits per heavy atom. The lowest BCUT2D eigenvalue weighted by Crippen LogP contribution is -2.48. The lowest BCUT2D eigenvalue weighted by molar-refractivity contribution is -0.132. The molecule has 0 aromatic heterocycles. The van der Waals surface area contributed by atoms with E-state index in [1.54, 1.807) is 24.3 Å². The average Bonchev–Trinajstić information content (AvgIpc) is 2.80. The molecule has 0 unspecified atom stereocenters. The zero-order chi connectivity index (χ0) is 17.2. The van der Waals surface area contributed by atoms with Crippen LogP contribution in [-0.4, -0.2) is 41.3 Å². The second-order valence-electron chi connectivity index (χ2n) is 6.34. The van der Waals surface area contributed by atoms with Crippen molar-refractivity contribution in [1.29, 1.82) is 0 Å². The minimum absolute atomic E-state index is 0.222. The molecular weight excluding hydrogens is 308 g/mol. The van der Waals surface area contributed by atoms with E-state index in [-0.39, 0.29) is 18.2 Å². The topological polar surface area (TPSA) is 75.7 Å². The van der Waals surface area contributed by atoms with Crippen LogP contribution in [0.25, 0.3) is 0 Å². The van der Waals surface area contributed by atoms with Gasteiger partial charge in [-0.25, -0.2) is 4.79 Å². The van der Waals surface area contributed by atoms with E-state index in [0.29, 0.717) is 30.8 Å². The molecule has 1 aliphatic carbocycles. The number of carbonyl (C=O) groups excluding carboxylic acids is 3. The van der Waals surface area contributed by atoms with Gasteiger partial charge in [0.05, 0.1) is 13.2 Å². The molecule has 1 spiro atoms. The largest absolute Gasteiger partial charge is 0.494 e. The molecule has 6 heteroatoms. The van der Waals surface area contributed by atoms with Crippen molar-refractivity contribution in [1.82, 2.24) is 10.2 Å². The van der Waals surface area contributed by atoms with E-state index >= 15 is 0 Å². The molecule has 1 aromatic rings. The molecule has 1 aliphatic heterocycles. The van der Waals surface area contributed by atoms with E-state index in [0.717, 1.165) is 24.2 Å². The molecule has 1 saturated heterocycles. The SMILES string of the molecule is CCOc1ccc(C(=O)CN2C(=O)NC3(CCCCC3)C2=O)cc1. The number of ether oxygens (including phenoxy) is 1. The minimum Gasteiger partial charge on any atom is -0.494 e. The molecule has 24 heavy (non-hydrogen) atoms. The van der Waals surface area contributed by atoms with Gasteiger partial charge in [-0.05, 0) is 44.0 Å². The number of imide groups is 1. The molecule has 1 N–H and O–H groups in total. The van der Waals surface area contributed by atoms with Crippen LogP contribution in [0.15, 0.2) is 24.3 Å². The number of nitrogens with zero attached hydrogens (tertiary/aromatic N) is 1. The second kappa shape index (κ2) is 6.63. The van der Waals surface area contributed by atoms with Gasteiger partial charge in [0.2, 0.25) is 0 Å². The fraction of sp³-hybridized carbons (Fsp3) is 0.500. The van der Waals surface area contributed by atoms with Crippen molar-refractivity contribution in [3.63, 3.8) is 0 Å².